The molecular weight excluding hydrogens is 252 g/mol. The minimum absolute atomic E-state index is 0.0847. The average molecular weight is 272 g/mol. The molecule has 0 amide bonds. The van der Waals surface area contributed by atoms with Crippen LogP contribution in [0.25, 0.3) is 0 Å². The lowest BCUT2D eigenvalue weighted by Gasteiger charge is -2.20. The Morgan fingerprint density at radius 3 is 2.40 bits per heavy atom. The summed E-state index contributed by atoms with van der Waals surface area (Å²) in [7, 11) is 0. The number of aromatic nitrogens is 2. The Labute approximate surface area is 118 Å². The molecule has 0 aliphatic rings. The lowest BCUT2D eigenvalue weighted by Crippen LogP contribution is -2.24. The molecule has 0 aliphatic heterocycles. The van der Waals surface area contributed by atoms with Crippen molar-refractivity contribution < 1.29 is 5.11 Å². The number of nitrogens with zero attached hydrogens (tertiary/aromatic N) is 2. The van der Waals surface area contributed by atoms with Gasteiger partial charge in [-0.2, -0.15) is 5.10 Å². The van der Waals surface area contributed by atoms with Gasteiger partial charge in [-0.15, -0.1) is 0 Å². The second kappa shape index (κ2) is 5.59. The highest BCUT2D eigenvalue weighted by molar-refractivity contribution is 5.28. The molecule has 0 bridgehead atoms. The van der Waals surface area contributed by atoms with E-state index in [0.717, 1.165) is 5.56 Å². The van der Waals surface area contributed by atoms with Crippen molar-refractivity contribution in [3.05, 3.63) is 64.1 Å². The van der Waals surface area contributed by atoms with Crippen LogP contribution in [0.1, 0.15) is 38.0 Å². The second-order valence-electron chi connectivity index (χ2n) is 5.93. The molecule has 4 nitrogen and oxygen atoms in total. The Morgan fingerprint density at radius 2 is 1.85 bits per heavy atom. The molecule has 106 valence electrons. The van der Waals surface area contributed by atoms with E-state index >= 15 is 0 Å². The van der Waals surface area contributed by atoms with Gasteiger partial charge in [0.1, 0.15) is 0 Å². The van der Waals surface area contributed by atoms with E-state index in [2.05, 4.69) is 25.9 Å². The summed E-state index contributed by atoms with van der Waals surface area (Å²) in [6.07, 6.45) is 0.799. The minimum Gasteiger partial charge on any atom is -0.386 e. The second-order valence-corrected chi connectivity index (χ2v) is 5.93. The van der Waals surface area contributed by atoms with E-state index in [1.807, 2.05) is 24.3 Å². The maximum absolute atomic E-state index is 11.6. The van der Waals surface area contributed by atoms with Gasteiger partial charge in [0.15, 0.2) is 0 Å². The Balaban J connectivity index is 2.16. The van der Waals surface area contributed by atoms with Crippen molar-refractivity contribution >= 4 is 0 Å². The van der Waals surface area contributed by atoms with Crippen LogP contribution in [0, 0.1) is 0 Å². The third kappa shape index (κ3) is 3.33. The predicted molar refractivity (Wildman–Crippen MR) is 78.6 cm³/mol. The molecule has 4 heteroatoms. The Morgan fingerprint density at radius 1 is 1.20 bits per heavy atom. The highest BCUT2D eigenvalue weighted by atomic mass is 16.3. The largest absolute Gasteiger partial charge is 0.386 e. The number of aliphatic hydroxyl groups is 1. The molecule has 1 N–H and O–H groups in total. The minimum atomic E-state index is -0.739. The topological polar surface area (TPSA) is 55.1 Å². The summed E-state index contributed by atoms with van der Waals surface area (Å²) < 4.78 is 1.27. The monoisotopic (exact) mass is 272 g/mol. The molecule has 0 aliphatic carbocycles. The van der Waals surface area contributed by atoms with Crippen molar-refractivity contribution in [2.75, 3.05) is 0 Å². The van der Waals surface area contributed by atoms with Gasteiger partial charge in [0, 0.05) is 12.3 Å². The van der Waals surface area contributed by atoms with E-state index in [0.29, 0.717) is 0 Å². The molecule has 1 heterocycles. The highest BCUT2D eigenvalue weighted by Crippen LogP contribution is 2.24. The zero-order valence-electron chi connectivity index (χ0n) is 12.1. The number of hydrogen-bond acceptors (Lipinski definition) is 3. The SMILES string of the molecule is CC(C)(C)c1ccc(C(O)Cn2ncccc2=O)cc1. The fourth-order valence-corrected chi connectivity index (χ4v) is 2.00. The van der Waals surface area contributed by atoms with Gasteiger partial charge in [0.25, 0.3) is 5.56 Å². The molecular formula is C16H20N2O2. The lowest BCUT2D eigenvalue weighted by atomic mass is 9.86. The van der Waals surface area contributed by atoms with Crippen molar-refractivity contribution in [3.8, 4) is 0 Å². The third-order valence-corrected chi connectivity index (χ3v) is 3.29. The predicted octanol–water partition coefficient (Wildman–Crippen LogP) is 2.27. The van der Waals surface area contributed by atoms with Crippen LogP contribution in [0.4, 0.5) is 0 Å². The summed E-state index contributed by atoms with van der Waals surface area (Å²) in [5.74, 6) is 0. The molecule has 2 aromatic rings. The summed E-state index contributed by atoms with van der Waals surface area (Å²) in [5.41, 5.74) is 1.87. The van der Waals surface area contributed by atoms with Gasteiger partial charge >= 0.3 is 0 Å². The third-order valence-electron chi connectivity index (χ3n) is 3.29. The maximum Gasteiger partial charge on any atom is 0.266 e. The smallest absolute Gasteiger partial charge is 0.266 e. The number of rotatable bonds is 3. The van der Waals surface area contributed by atoms with Crippen molar-refractivity contribution in [2.45, 2.75) is 38.8 Å². The molecule has 0 saturated heterocycles. The van der Waals surface area contributed by atoms with Gasteiger partial charge in [0.05, 0.1) is 12.6 Å². The van der Waals surface area contributed by atoms with Gasteiger partial charge < -0.3 is 5.11 Å². The first-order valence-electron chi connectivity index (χ1n) is 6.68. The standard InChI is InChI=1S/C16H20N2O2/c1-16(2,3)13-8-6-12(7-9-13)14(19)11-18-15(20)5-4-10-17-18/h4-10,14,19H,11H2,1-3H3. The number of hydrogen-bond donors (Lipinski definition) is 1. The van der Waals surface area contributed by atoms with E-state index in [1.165, 1.54) is 22.5 Å². The summed E-state index contributed by atoms with van der Waals surface area (Å²) in [6.45, 7) is 6.60. The Kier molecular flexibility index (Phi) is 4.04. The summed E-state index contributed by atoms with van der Waals surface area (Å²) >= 11 is 0. The summed E-state index contributed by atoms with van der Waals surface area (Å²) in [5, 5.41) is 14.1. The first-order chi connectivity index (χ1) is 9.38. The normalized spacial score (nSPS) is 13.2. The van der Waals surface area contributed by atoms with E-state index in [9.17, 15) is 9.90 Å². The first kappa shape index (κ1) is 14.5. The highest BCUT2D eigenvalue weighted by Gasteiger charge is 2.15. The number of benzene rings is 1. The van der Waals surface area contributed by atoms with Crippen LogP contribution < -0.4 is 5.56 Å². The van der Waals surface area contributed by atoms with Crippen LogP contribution in [0.5, 0.6) is 0 Å². The van der Waals surface area contributed by atoms with Crippen LogP contribution in [-0.4, -0.2) is 14.9 Å². The van der Waals surface area contributed by atoms with Gasteiger partial charge in [-0.05, 0) is 22.6 Å². The van der Waals surface area contributed by atoms with Crippen LogP contribution in [0.3, 0.4) is 0 Å². The zero-order chi connectivity index (χ0) is 14.8. The molecule has 0 spiro atoms. The van der Waals surface area contributed by atoms with Crippen LogP contribution in [0.2, 0.25) is 0 Å². The van der Waals surface area contributed by atoms with Gasteiger partial charge in [0.2, 0.25) is 0 Å². The van der Waals surface area contributed by atoms with Crippen molar-refractivity contribution in [2.24, 2.45) is 0 Å². The molecule has 20 heavy (non-hydrogen) atoms. The fourth-order valence-electron chi connectivity index (χ4n) is 2.00. The molecule has 1 aromatic carbocycles. The molecule has 0 saturated carbocycles. The number of aliphatic hydroxyl groups excluding tert-OH is 1. The summed E-state index contributed by atoms with van der Waals surface area (Å²) in [6, 6.07) is 10.9. The quantitative estimate of drug-likeness (QED) is 0.932. The van der Waals surface area contributed by atoms with E-state index in [4.69, 9.17) is 0 Å². The van der Waals surface area contributed by atoms with Gasteiger partial charge in [-0.25, -0.2) is 4.68 Å². The first-order valence-corrected chi connectivity index (χ1v) is 6.68. The van der Waals surface area contributed by atoms with Crippen molar-refractivity contribution in [1.29, 1.82) is 0 Å². The summed E-state index contributed by atoms with van der Waals surface area (Å²) in [4.78, 5) is 11.6. The van der Waals surface area contributed by atoms with E-state index < -0.39 is 6.10 Å². The molecule has 1 atom stereocenters. The zero-order valence-corrected chi connectivity index (χ0v) is 12.1. The fraction of sp³-hybridized carbons (Fsp3) is 0.375. The average Bonchev–Trinajstić information content (AvgIpc) is 2.40. The molecule has 1 aromatic heterocycles. The van der Waals surface area contributed by atoms with Crippen molar-refractivity contribution in [1.82, 2.24) is 9.78 Å². The Bertz CT molecular complexity index is 624. The maximum atomic E-state index is 11.6. The van der Waals surface area contributed by atoms with Crippen LogP contribution >= 0.6 is 0 Å². The molecule has 0 radical (unpaired) electrons. The van der Waals surface area contributed by atoms with Gasteiger partial charge in [-0.3, -0.25) is 4.79 Å². The van der Waals surface area contributed by atoms with Crippen LogP contribution in [-0.2, 0) is 12.0 Å². The van der Waals surface area contributed by atoms with Crippen LogP contribution in [0.15, 0.2) is 47.4 Å². The van der Waals surface area contributed by atoms with E-state index in [1.54, 1.807) is 6.07 Å². The lowest BCUT2D eigenvalue weighted by molar-refractivity contribution is 0.149. The Hall–Kier alpha value is -1.94. The van der Waals surface area contributed by atoms with Crippen molar-refractivity contribution in [3.63, 3.8) is 0 Å². The van der Waals surface area contributed by atoms with E-state index in [-0.39, 0.29) is 17.5 Å². The van der Waals surface area contributed by atoms with Gasteiger partial charge in [-0.1, -0.05) is 45.0 Å². The molecule has 2 rings (SSSR count). The molecule has 0 fully saturated rings. The molecule has 1 unspecified atom stereocenters.